The molecule has 4 nitrogen and oxygen atoms in total. The molecule has 4 aliphatic carbocycles. The number of hydrogen-bond donors (Lipinski definition) is 0. The first-order chi connectivity index (χ1) is 19.4. The van der Waals surface area contributed by atoms with Crippen molar-refractivity contribution in [2.24, 2.45) is 0 Å². The Morgan fingerprint density at radius 2 is 0.643 bits per heavy atom. The molecule has 0 aromatic heterocycles. The van der Waals surface area contributed by atoms with E-state index in [1.165, 1.54) is 36.5 Å². The van der Waals surface area contributed by atoms with Crippen molar-refractivity contribution >= 4 is 11.8 Å². The number of carbonyl (C=O) groups excluding carboxylic acids is 2. The zero-order chi connectivity index (χ0) is 29.3. The van der Waals surface area contributed by atoms with Crippen molar-refractivity contribution in [1.82, 2.24) is 0 Å². The van der Waals surface area contributed by atoms with Gasteiger partial charge in [0.2, 0.25) is 0 Å². The smallest absolute Gasteiger partial charge is 0.653 e. The molecular weight excluding hydrogens is 670 g/mol. The number of hydrogen-bond acceptors (Lipinski definition) is 2. The van der Waals surface area contributed by atoms with Crippen LogP contribution >= 0.6 is 0 Å². The van der Waals surface area contributed by atoms with Crippen LogP contribution in [0.15, 0.2) is 0 Å². The maximum Gasteiger partial charge on any atom is 3.00 e. The second-order valence-electron chi connectivity index (χ2n) is 10.0. The summed E-state index contributed by atoms with van der Waals surface area (Å²) in [5, 5.41) is 7.57. The Kier molecular flexibility index (Phi) is 34.6. The molecule has 6 aliphatic rings. The normalized spacial score (nSPS) is 22.9. The van der Waals surface area contributed by atoms with E-state index < -0.39 is 0 Å². The molecule has 2 aliphatic heterocycles. The molecule has 216 valence electrons. The van der Waals surface area contributed by atoms with Crippen LogP contribution in [0, 0.1) is 126 Å². The zero-order valence-electron chi connectivity index (χ0n) is 26.2. The largest absolute Gasteiger partial charge is 3.00 e. The SMILES string of the molecule is C[C]1[CH][CH][CH][CH]1.C[C]1[CH][CH][CH][CH]1.C[C]1[CH][CH][CH][CH]1.C[C]1[CH][CH][CH][CH]1.O=C1CCCCC[N-]1.O=C1CCCCC[N-]1.[Y+3].[Y+3]. The van der Waals surface area contributed by atoms with Gasteiger partial charge in [-0.3, -0.25) is 0 Å². The fourth-order valence-corrected chi connectivity index (χ4v) is 3.58. The van der Waals surface area contributed by atoms with Crippen molar-refractivity contribution in [3.05, 3.63) is 137 Å². The van der Waals surface area contributed by atoms with Gasteiger partial charge in [-0.2, -0.15) is 0 Å². The standard InChI is InChI=1S/2C6H11NO.4C6H7.2Y/c2*8-6-4-2-1-3-5-7-6;4*1-6-4-2-3-5-6;;/h2*1-5H2,(H,7,8);4*2-5H,1H3;;/q;;;;;;2*+3/p-2. The van der Waals surface area contributed by atoms with Crippen LogP contribution in [0.4, 0.5) is 0 Å². The van der Waals surface area contributed by atoms with Gasteiger partial charge in [-0.1, -0.05) is 53.4 Å². The molecule has 2 amide bonds. The third-order valence-electron chi connectivity index (χ3n) is 5.99. The number of rotatable bonds is 0. The van der Waals surface area contributed by atoms with E-state index in [0.717, 1.165) is 38.8 Å². The van der Waals surface area contributed by atoms with Crippen molar-refractivity contribution in [2.45, 2.75) is 79.1 Å². The Balaban J connectivity index is 0. The van der Waals surface area contributed by atoms with E-state index >= 15 is 0 Å². The van der Waals surface area contributed by atoms with Crippen LogP contribution in [0.5, 0.6) is 0 Å². The molecule has 42 heavy (non-hydrogen) atoms. The molecule has 0 unspecified atom stereocenters. The van der Waals surface area contributed by atoms with Crippen molar-refractivity contribution < 1.29 is 75.0 Å². The molecule has 4 saturated carbocycles. The van der Waals surface area contributed by atoms with Gasteiger partial charge in [-0.05, 0) is 152 Å². The van der Waals surface area contributed by atoms with Gasteiger partial charge in [-0.25, -0.2) is 0 Å². The van der Waals surface area contributed by atoms with E-state index in [2.05, 4.69) is 89.7 Å². The van der Waals surface area contributed by atoms with E-state index in [9.17, 15) is 9.59 Å². The molecule has 6 rings (SSSR count). The summed E-state index contributed by atoms with van der Waals surface area (Å²) in [6.07, 6.45) is 41.0. The third kappa shape index (κ3) is 29.8. The van der Waals surface area contributed by atoms with E-state index in [4.69, 9.17) is 0 Å². The summed E-state index contributed by atoms with van der Waals surface area (Å²) >= 11 is 0. The van der Waals surface area contributed by atoms with Crippen molar-refractivity contribution in [1.29, 1.82) is 0 Å². The number of nitrogens with zero attached hydrogens (tertiary/aromatic N) is 2. The van der Waals surface area contributed by atoms with E-state index in [1.54, 1.807) is 0 Å². The zero-order valence-corrected chi connectivity index (χ0v) is 31.9. The minimum absolute atomic E-state index is 0. The van der Waals surface area contributed by atoms with Gasteiger partial charge in [-0.15, -0.1) is 13.1 Å². The second kappa shape index (κ2) is 32.1. The molecule has 0 N–H and O–H groups in total. The monoisotopic (exact) mass is 718 g/mol. The van der Waals surface area contributed by atoms with E-state index in [0.29, 0.717) is 12.8 Å². The van der Waals surface area contributed by atoms with Crippen LogP contribution in [-0.4, -0.2) is 24.9 Å². The van der Waals surface area contributed by atoms with Crippen LogP contribution < -0.4 is 0 Å². The molecule has 6 fully saturated rings. The first-order valence-corrected chi connectivity index (χ1v) is 14.5. The van der Waals surface area contributed by atoms with Gasteiger partial charge >= 0.3 is 65.4 Å². The fourth-order valence-electron chi connectivity index (χ4n) is 3.58. The van der Waals surface area contributed by atoms with Crippen LogP contribution in [0.3, 0.4) is 0 Å². The first-order valence-electron chi connectivity index (χ1n) is 14.5. The number of amides is 2. The van der Waals surface area contributed by atoms with Crippen LogP contribution in [0.1, 0.15) is 79.1 Å². The van der Waals surface area contributed by atoms with Gasteiger partial charge < -0.3 is 20.2 Å². The Morgan fingerprint density at radius 1 is 0.405 bits per heavy atom. The second-order valence-corrected chi connectivity index (χ2v) is 10.0. The van der Waals surface area contributed by atoms with Gasteiger partial charge in [0.25, 0.3) is 0 Å². The van der Waals surface area contributed by atoms with E-state index in [1.807, 2.05) is 51.4 Å². The maximum atomic E-state index is 10.5. The minimum Gasteiger partial charge on any atom is -0.653 e. The number of carbonyl (C=O) groups is 2. The fraction of sp³-hybridized carbons (Fsp3) is 0.389. The van der Waals surface area contributed by atoms with Crippen molar-refractivity contribution in [3.63, 3.8) is 0 Å². The quantitative estimate of drug-likeness (QED) is 0.252. The minimum atomic E-state index is 0. The summed E-state index contributed by atoms with van der Waals surface area (Å²) in [5.74, 6) is 5.57. The average molecular weight is 719 g/mol. The molecular formula is C36H48N2O2Y2+4. The molecule has 0 bridgehead atoms. The topological polar surface area (TPSA) is 62.3 Å². The molecule has 20 radical (unpaired) electrons. The average Bonchev–Trinajstić information content (AvgIpc) is 3.75. The molecule has 2 saturated heterocycles. The Bertz CT molecular complexity index is 495. The van der Waals surface area contributed by atoms with Crippen LogP contribution in [0.25, 0.3) is 10.6 Å². The van der Waals surface area contributed by atoms with Crippen molar-refractivity contribution in [3.8, 4) is 0 Å². The summed E-state index contributed by atoms with van der Waals surface area (Å²) in [7, 11) is 0. The van der Waals surface area contributed by atoms with Crippen molar-refractivity contribution in [2.75, 3.05) is 13.1 Å². The van der Waals surface area contributed by atoms with Crippen LogP contribution in [-0.2, 0) is 75.0 Å². The summed E-state index contributed by atoms with van der Waals surface area (Å²) in [4.78, 5) is 21.0. The molecule has 0 aromatic carbocycles. The van der Waals surface area contributed by atoms with Gasteiger partial charge in [0.15, 0.2) is 0 Å². The van der Waals surface area contributed by atoms with E-state index in [-0.39, 0.29) is 77.2 Å². The third-order valence-corrected chi connectivity index (χ3v) is 5.99. The summed E-state index contributed by atoms with van der Waals surface area (Å²) in [5.41, 5.74) is 0. The molecule has 2 heterocycles. The maximum absolute atomic E-state index is 10.5. The van der Waals surface area contributed by atoms with Gasteiger partial charge in [0, 0.05) is 0 Å². The Hall–Kier alpha value is 1.15. The predicted molar refractivity (Wildman–Crippen MR) is 168 cm³/mol. The Labute approximate surface area is 313 Å². The van der Waals surface area contributed by atoms with Gasteiger partial charge in [0.1, 0.15) is 0 Å². The summed E-state index contributed by atoms with van der Waals surface area (Å²) in [6.45, 7) is 9.86. The van der Waals surface area contributed by atoms with Crippen LogP contribution in [0.2, 0.25) is 0 Å². The predicted octanol–water partition coefficient (Wildman–Crippen LogP) is 8.56. The molecule has 0 atom stereocenters. The molecule has 6 heteroatoms. The molecule has 0 spiro atoms. The summed E-state index contributed by atoms with van der Waals surface area (Å²) in [6, 6.07) is 0. The first kappa shape index (κ1) is 45.3. The Morgan fingerprint density at radius 3 is 0.833 bits per heavy atom. The summed E-state index contributed by atoms with van der Waals surface area (Å²) < 4.78 is 0. The van der Waals surface area contributed by atoms with Gasteiger partial charge in [0.05, 0.1) is 11.8 Å². The molecule has 0 aromatic rings.